The molecule has 4 rings (SSSR count). The molecule has 1 aliphatic rings. The molecule has 0 fully saturated rings. The summed E-state index contributed by atoms with van der Waals surface area (Å²) in [4.78, 5) is 4.24. The molecule has 29 heavy (non-hydrogen) atoms. The average Bonchev–Trinajstić information content (AvgIpc) is 2.63. The van der Waals surface area contributed by atoms with Gasteiger partial charge in [0.15, 0.2) is 0 Å². The van der Waals surface area contributed by atoms with Crippen molar-refractivity contribution in [2.45, 2.75) is 44.5 Å². The van der Waals surface area contributed by atoms with Crippen LogP contribution in [0.5, 0.6) is 0 Å². The molecule has 0 bridgehead atoms. The molecule has 0 saturated carbocycles. The van der Waals surface area contributed by atoms with Crippen LogP contribution in [-0.4, -0.2) is 16.8 Å². The van der Waals surface area contributed by atoms with Crippen LogP contribution in [0.2, 0.25) is 0 Å². The number of hydrogen-bond donors (Lipinski definition) is 0. The Hall–Kier alpha value is -2.57. The monoisotopic (exact) mass is 409 g/mol. The number of pyridine rings is 1. The third-order valence-corrected chi connectivity index (χ3v) is 5.52. The maximum Gasteiger partial charge on any atom is 0.309 e. The van der Waals surface area contributed by atoms with Gasteiger partial charge in [0.1, 0.15) is 0 Å². The first-order valence-corrected chi connectivity index (χ1v) is 8.99. The minimum absolute atomic E-state index is 0.168. The molecule has 1 heterocycles. The molecule has 3 aromatic rings. The van der Waals surface area contributed by atoms with Gasteiger partial charge >= 0.3 is 11.8 Å². The molecule has 0 spiro atoms. The topological polar surface area (TPSA) is 12.9 Å². The fourth-order valence-electron chi connectivity index (χ4n) is 4.11. The van der Waals surface area contributed by atoms with Crippen LogP contribution in [0, 0.1) is 13.8 Å². The lowest BCUT2D eigenvalue weighted by molar-refractivity contribution is -0.239. The molecule has 0 radical (unpaired) electrons. The SMILES string of the molecule is Cc1cc(C)cc(-c2nccc3c4c(ccc23)C(F)(F)C(C)(F)C(F)C4(F)F)c1. The predicted molar refractivity (Wildman–Crippen MR) is 98.9 cm³/mol. The van der Waals surface area contributed by atoms with E-state index in [4.69, 9.17) is 0 Å². The van der Waals surface area contributed by atoms with Crippen molar-refractivity contribution in [3.8, 4) is 11.3 Å². The molecule has 1 aliphatic carbocycles. The van der Waals surface area contributed by atoms with Crippen LogP contribution in [0.1, 0.15) is 29.2 Å². The van der Waals surface area contributed by atoms with Gasteiger partial charge in [-0.3, -0.25) is 4.98 Å². The largest absolute Gasteiger partial charge is 0.309 e. The number of nitrogens with zero attached hydrogens (tertiary/aromatic N) is 1. The number of rotatable bonds is 1. The second-order valence-electron chi connectivity index (χ2n) is 7.75. The first kappa shape index (κ1) is 19.7. The second-order valence-corrected chi connectivity index (χ2v) is 7.75. The summed E-state index contributed by atoms with van der Waals surface area (Å²) in [5.74, 6) is -8.85. The minimum atomic E-state index is -4.43. The van der Waals surface area contributed by atoms with Gasteiger partial charge in [-0.1, -0.05) is 29.3 Å². The summed E-state index contributed by atoms with van der Waals surface area (Å²) in [6.07, 6.45) is -2.48. The third-order valence-electron chi connectivity index (χ3n) is 5.52. The maximum absolute atomic E-state index is 14.9. The van der Waals surface area contributed by atoms with Crippen molar-refractivity contribution in [1.82, 2.24) is 4.98 Å². The highest BCUT2D eigenvalue weighted by Gasteiger charge is 2.71. The Bertz CT molecular complexity index is 1120. The second kappa shape index (κ2) is 5.97. The van der Waals surface area contributed by atoms with E-state index in [-0.39, 0.29) is 17.7 Å². The van der Waals surface area contributed by atoms with Crippen LogP contribution in [0.4, 0.5) is 26.3 Å². The molecule has 0 amide bonds. The smallest absolute Gasteiger partial charge is 0.256 e. The highest BCUT2D eigenvalue weighted by molar-refractivity contribution is 5.98. The van der Waals surface area contributed by atoms with Crippen LogP contribution < -0.4 is 0 Å². The van der Waals surface area contributed by atoms with Gasteiger partial charge in [0.05, 0.1) is 5.69 Å². The van der Waals surface area contributed by atoms with E-state index < -0.39 is 34.8 Å². The van der Waals surface area contributed by atoms with E-state index in [9.17, 15) is 26.3 Å². The van der Waals surface area contributed by atoms with Gasteiger partial charge in [-0.15, -0.1) is 0 Å². The Morgan fingerprint density at radius 3 is 2.10 bits per heavy atom. The van der Waals surface area contributed by atoms with Crippen LogP contribution >= 0.6 is 0 Å². The molecule has 0 saturated heterocycles. The lowest BCUT2D eigenvalue weighted by atomic mass is 9.74. The fraction of sp³-hybridized carbons (Fsp3) is 0.318. The first-order chi connectivity index (χ1) is 13.4. The van der Waals surface area contributed by atoms with E-state index in [1.54, 1.807) is 12.1 Å². The lowest BCUT2D eigenvalue weighted by Gasteiger charge is -2.43. The number of alkyl halides is 6. The molecule has 2 atom stereocenters. The first-order valence-electron chi connectivity index (χ1n) is 8.99. The van der Waals surface area contributed by atoms with Crippen molar-refractivity contribution in [3.63, 3.8) is 0 Å². The van der Waals surface area contributed by atoms with E-state index in [1.807, 2.05) is 19.9 Å². The van der Waals surface area contributed by atoms with E-state index in [0.717, 1.165) is 23.3 Å². The quantitative estimate of drug-likeness (QED) is 0.404. The summed E-state index contributed by atoms with van der Waals surface area (Å²) in [6.45, 7) is 3.88. The average molecular weight is 409 g/mol. The van der Waals surface area contributed by atoms with Gasteiger partial charge in [0.25, 0.3) is 0 Å². The highest BCUT2D eigenvalue weighted by Crippen LogP contribution is 2.59. The highest BCUT2D eigenvalue weighted by atomic mass is 19.3. The molecule has 2 unspecified atom stereocenters. The Labute approximate surface area is 163 Å². The van der Waals surface area contributed by atoms with E-state index in [0.29, 0.717) is 11.3 Å². The molecule has 1 nitrogen and oxygen atoms in total. The van der Waals surface area contributed by atoms with Crippen molar-refractivity contribution in [1.29, 1.82) is 0 Å². The predicted octanol–water partition coefficient (Wildman–Crippen LogP) is 6.78. The zero-order chi connectivity index (χ0) is 21.4. The van der Waals surface area contributed by atoms with Crippen molar-refractivity contribution in [2.24, 2.45) is 0 Å². The van der Waals surface area contributed by atoms with Crippen LogP contribution in [0.3, 0.4) is 0 Å². The lowest BCUT2D eigenvalue weighted by Crippen LogP contribution is -2.58. The molecular formula is C22H17F6N. The normalized spacial score (nSPS) is 25.1. The molecule has 1 aromatic heterocycles. The Balaban J connectivity index is 2.09. The fourth-order valence-corrected chi connectivity index (χ4v) is 4.11. The van der Waals surface area contributed by atoms with Gasteiger partial charge < -0.3 is 0 Å². The number of aromatic nitrogens is 1. The standard InChI is InChI=1S/C22H17F6N/c1-11-8-12(2)10-13(9-11)18-15-4-5-16-17(14(15)6-7-29-18)21(25,26)19(23)20(3,24)22(16,27)28/h4-10,19H,1-3H3. The van der Waals surface area contributed by atoms with Gasteiger partial charge in [-0.05, 0) is 44.4 Å². The van der Waals surface area contributed by atoms with Crippen molar-refractivity contribution in [3.05, 3.63) is 64.8 Å². The minimum Gasteiger partial charge on any atom is -0.256 e. The van der Waals surface area contributed by atoms with Gasteiger partial charge in [0.2, 0.25) is 11.8 Å². The van der Waals surface area contributed by atoms with Crippen molar-refractivity contribution in [2.75, 3.05) is 0 Å². The van der Waals surface area contributed by atoms with Gasteiger partial charge in [-0.25, -0.2) is 8.78 Å². The molecule has 152 valence electrons. The van der Waals surface area contributed by atoms with E-state index in [2.05, 4.69) is 4.98 Å². The summed E-state index contributed by atoms with van der Waals surface area (Å²) in [5.41, 5.74) is -3.69. The summed E-state index contributed by atoms with van der Waals surface area (Å²) in [5, 5.41) is -0.101. The van der Waals surface area contributed by atoms with E-state index >= 15 is 0 Å². The Morgan fingerprint density at radius 1 is 0.862 bits per heavy atom. The Kier molecular flexibility index (Phi) is 4.06. The molecule has 7 heteroatoms. The van der Waals surface area contributed by atoms with Crippen LogP contribution in [-0.2, 0) is 11.8 Å². The number of aryl methyl sites for hydroxylation is 2. The molecule has 2 aromatic carbocycles. The third kappa shape index (κ3) is 2.59. The number of hydrogen-bond acceptors (Lipinski definition) is 1. The number of fused-ring (bicyclic) bond motifs is 3. The Morgan fingerprint density at radius 2 is 1.48 bits per heavy atom. The zero-order valence-corrected chi connectivity index (χ0v) is 15.8. The number of halogens is 6. The summed E-state index contributed by atoms with van der Waals surface area (Å²) >= 11 is 0. The summed E-state index contributed by atoms with van der Waals surface area (Å²) in [6, 6.07) is 8.60. The van der Waals surface area contributed by atoms with Gasteiger partial charge in [-0.2, -0.15) is 17.6 Å². The van der Waals surface area contributed by atoms with Crippen LogP contribution in [0.25, 0.3) is 22.0 Å². The zero-order valence-electron chi connectivity index (χ0n) is 15.8. The van der Waals surface area contributed by atoms with Crippen molar-refractivity contribution >= 4 is 10.8 Å². The maximum atomic E-state index is 14.9. The van der Waals surface area contributed by atoms with Gasteiger partial charge in [0, 0.05) is 28.3 Å². The molecule has 0 aliphatic heterocycles. The summed E-state index contributed by atoms with van der Waals surface area (Å²) < 4.78 is 87.8. The number of benzene rings is 2. The van der Waals surface area contributed by atoms with Crippen LogP contribution in [0.15, 0.2) is 42.6 Å². The van der Waals surface area contributed by atoms with E-state index in [1.165, 1.54) is 12.3 Å². The summed E-state index contributed by atoms with van der Waals surface area (Å²) in [7, 11) is 0. The van der Waals surface area contributed by atoms with Crippen molar-refractivity contribution < 1.29 is 26.3 Å². The molecular weight excluding hydrogens is 392 g/mol. The molecule has 0 N–H and O–H groups in total.